The molecule has 3 aromatic heterocycles. The predicted molar refractivity (Wildman–Crippen MR) is 87.4 cm³/mol. The summed E-state index contributed by atoms with van der Waals surface area (Å²) in [5.41, 5.74) is 4.45. The molecule has 0 radical (unpaired) electrons. The van der Waals surface area contributed by atoms with Gasteiger partial charge >= 0.3 is 0 Å². The van der Waals surface area contributed by atoms with Gasteiger partial charge in [-0.2, -0.15) is 10.2 Å². The Morgan fingerprint density at radius 2 is 2.13 bits per heavy atom. The number of pyridine rings is 1. The number of carbonyl (C=O) groups is 1. The van der Waals surface area contributed by atoms with E-state index in [2.05, 4.69) is 38.5 Å². The Kier molecular flexibility index (Phi) is 2.97. The number of rotatable bonds is 3. The van der Waals surface area contributed by atoms with Crippen molar-refractivity contribution in [3.05, 3.63) is 53.5 Å². The smallest absolute Gasteiger partial charge is 0.181 e. The molecule has 0 saturated heterocycles. The van der Waals surface area contributed by atoms with Crippen molar-refractivity contribution >= 4 is 27.7 Å². The zero-order valence-electron chi connectivity index (χ0n) is 12.9. The van der Waals surface area contributed by atoms with Crippen LogP contribution < -0.4 is 0 Å². The van der Waals surface area contributed by atoms with Gasteiger partial charge in [0, 0.05) is 41.7 Å². The first-order valence-corrected chi connectivity index (χ1v) is 7.36. The van der Waals surface area contributed by atoms with Crippen molar-refractivity contribution in [3.8, 4) is 0 Å². The number of Topliss-reactive ketones (excluding diaryl/α,β-unsaturated/α-hetero) is 1. The van der Waals surface area contributed by atoms with Crippen LogP contribution in [0.1, 0.15) is 28.5 Å². The topological polar surface area (TPSA) is 76.5 Å². The molecule has 6 nitrogen and oxygen atoms in total. The fourth-order valence-corrected chi connectivity index (χ4v) is 2.80. The molecule has 0 amide bonds. The average molecular weight is 305 g/mol. The van der Waals surface area contributed by atoms with Crippen molar-refractivity contribution in [3.63, 3.8) is 0 Å². The van der Waals surface area contributed by atoms with Gasteiger partial charge in [0.2, 0.25) is 0 Å². The van der Waals surface area contributed by atoms with Crippen molar-refractivity contribution < 1.29 is 4.79 Å². The Morgan fingerprint density at radius 3 is 2.96 bits per heavy atom. The van der Waals surface area contributed by atoms with Gasteiger partial charge in [-0.25, -0.2) is 4.98 Å². The highest BCUT2D eigenvalue weighted by Gasteiger charge is 2.11. The van der Waals surface area contributed by atoms with Crippen molar-refractivity contribution in [2.24, 2.45) is 7.05 Å². The van der Waals surface area contributed by atoms with Gasteiger partial charge in [0.15, 0.2) is 11.4 Å². The van der Waals surface area contributed by atoms with E-state index >= 15 is 0 Å². The second kappa shape index (κ2) is 5.01. The molecule has 114 valence electrons. The number of fused-ring (bicyclic) bond motifs is 2. The summed E-state index contributed by atoms with van der Waals surface area (Å²) in [4.78, 5) is 15.8. The van der Waals surface area contributed by atoms with Crippen molar-refractivity contribution in [2.75, 3.05) is 0 Å². The van der Waals surface area contributed by atoms with Gasteiger partial charge in [-0.05, 0) is 30.7 Å². The minimum Gasteiger partial charge on any atom is -0.294 e. The second-order valence-electron chi connectivity index (χ2n) is 5.69. The van der Waals surface area contributed by atoms with Gasteiger partial charge in [0.25, 0.3) is 0 Å². The molecule has 0 saturated carbocycles. The summed E-state index contributed by atoms with van der Waals surface area (Å²) >= 11 is 0. The van der Waals surface area contributed by atoms with E-state index in [1.165, 1.54) is 0 Å². The molecule has 0 aliphatic rings. The number of H-pyrrole nitrogens is 1. The molecule has 0 aliphatic heterocycles. The molecule has 0 aliphatic carbocycles. The van der Waals surface area contributed by atoms with Crippen molar-refractivity contribution in [2.45, 2.75) is 13.3 Å². The van der Waals surface area contributed by atoms with Crippen LogP contribution in [0.25, 0.3) is 21.9 Å². The van der Waals surface area contributed by atoms with E-state index in [9.17, 15) is 4.79 Å². The van der Waals surface area contributed by atoms with Crippen LogP contribution in [0, 0.1) is 0 Å². The van der Waals surface area contributed by atoms with E-state index in [1.807, 2.05) is 24.0 Å². The first kappa shape index (κ1) is 13.6. The largest absolute Gasteiger partial charge is 0.294 e. The number of carbonyl (C=O) groups excluding carboxylic acids is 1. The second-order valence-corrected chi connectivity index (χ2v) is 5.69. The zero-order chi connectivity index (χ0) is 16.0. The Labute approximate surface area is 132 Å². The molecular formula is C17H15N5O. The zero-order valence-corrected chi connectivity index (χ0v) is 12.9. The number of nitrogens with zero attached hydrogens (tertiary/aromatic N) is 4. The van der Waals surface area contributed by atoms with Gasteiger partial charge in [0.05, 0.1) is 11.7 Å². The third-order valence-corrected chi connectivity index (χ3v) is 4.09. The Bertz CT molecular complexity index is 1040. The third kappa shape index (κ3) is 2.28. The molecule has 0 bridgehead atoms. The highest BCUT2D eigenvalue weighted by Crippen LogP contribution is 2.21. The normalized spacial score (nSPS) is 11.4. The summed E-state index contributed by atoms with van der Waals surface area (Å²) in [5, 5.41) is 13.5. The molecular weight excluding hydrogens is 290 g/mol. The molecule has 0 fully saturated rings. The number of ketones is 1. The Morgan fingerprint density at radius 1 is 1.26 bits per heavy atom. The quantitative estimate of drug-likeness (QED) is 0.590. The molecule has 0 atom stereocenters. The summed E-state index contributed by atoms with van der Waals surface area (Å²) in [5.74, 6) is 0.00308. The number of hydrogen-bond acceptors (Lipinski definition) is 4. The number of nitrogens with one attached hydrogen (secondary N) is 1. The van der Waals surface area contributed by atoms with E-state index in [1.54, 1.807) is 13.1 Å². The minimum atomic E-state index is 0.00308. The first-order valence-electron chi connectivity index (χ1n) is 7.36. The van der Waals surface area contributed by atoms with E-state index < -0.39 is 0 Å². The standard InChI is InChI=1S/C17H15N5O/c1-10(23)12-7-14-15(20-21-17(14)18-8-12)6-11-3-4-16-13(5-11)9-19-22(16)2/h3-5,7-9H,6H2,1-2H3,(H,18,20,21). The van der Waals surface area contributed by atoms with Crippen LogP contribution in [0.15, 0.2) is 36.7 Å². The fraction of sp³-hybridized carbons (Fsp3) is 0.176. The lowest BCUT2D eigenvalue weighted by Crippen LogP contribution is -1.94. The number of benzene rings is 1. The molecule has 1 aromatic carbocycles. The predicted octanol–water partition coefficient (Wildman–Crippen LogP) is 2.64. The van der Waals surface area contributed by atoms with Crippen LogP contribution in [0.2, 0.25) is 0 Å². The van der Waals surface area contributed by atoms with Gasteiger partial charge in [-0.1, -0.05) is 6.07 Å². The van der Waals surface area contributed by atoms with Crippen LogP contribution in [-0.4, -0.2) is 30.7 Å². The van der Waals surface area contributed by atoms with Crippen LogP contribution in [0.4, 0.5) is 0 Å². The van der Waals surface area contributed by atoms with Crippen LogP contribution in [-0.2, 0) is 13.5 Å². The van der Waals surface area contributed by atoms with E-state index in [0.717, 1.165) is 27.5 Å². The fourth-order valence-electron chi connectivity index (χ4n) is 2.80. The molecule has 23 heavy (non-hydrogen) atoms. The first-order chi connectivity index (χ1) is 11.1. The van der Waals surface area contributed by atoms with Gasteiger partial charge in [-0.15, -0.1) is 0 Å². The number of hydrogen-bond donors (Lipinski definition) is 1. The molecule has 4 aromatic rings. The lowest BCUT2D eigenvalue weighted by atomic mass is 10.0. The van der Waals surface area contributed by atoms with E-state index in [4.69, 9.17) is 0 Å². The van der Waals surface area contributed by atoms with Gasteiger partial charge < -0.3 is 0 Å². The number of aromatic amines is 1. The maximum atomic E-state index is 11.5. The summed E-state index contributed by atoms with van der Waals surface area (Å²) in [6, 6.07) is 8.12. The molecule has 0 spiro atoms. The van der Waals surface area contributed by atoms with Gasteiger partial charge in [0.1, 0.15) is 0 Å². The van der Waals surface area contributed by atoms with Crippen LogP contribution in [0.3, 0.4) is 0 Å². The Hall–Kier alpha value is -3.02. The summed E-state index contributed by atoms with van der Waals surface area (Å²) < 4.78 is 1.85. The lowest BCUT2D eigenvalue weighted by molar-refractivity contribution is 0.101. The SMILES string of the molecule is CC(=O)c1cnc2n[nH]c(Cc3ccc4c(cnn4C)c3)c2c1. The van der Waals surface area contributed by atoms with E-state index in [-0.39, 0.29) is 5.78 Å². The molecule has 1 N–H and O–H groups in total. The highest BCUT2D eigenvalue weighted by atomic mass is 16.1. The maximum absolute atomic E-state index is 11.5. The van der Waals surface area contributed by atoms with Crippen molar-refractivity contribution in [1.29, 1.82) is 0 Å². The molecule has 4 rings (SSSR count). The Balaban J connectivity index is 1.75. The van der Waals surface area contributed by atoms with Crippen molar-refractivity contribution in [1.82, 2.24) is 25.0 Å². The molecule has 3 heterocycles. The maximum Gasteiger partial charge on any atom is 0.181 e. The molecule has 6 heteroatoms. The minimum absolute atomic E-state index is 0.00308. The van der Waals surface area contributed by atoms with E-state index in [0.29, 0.717) is 17.6 Å². The average Bonchev–Trinajstić information content (AvgIpc) is 3.11. The van der Waals surface area contributed by atoms with Gasteiger partial charge in [-0.3, -0.25) is 14.6 Å². The van der Waals surface area contributed by atoms with Crippen LogP contribution >= 0.6 is 0 Å². The highest BCUT2D eigenvalue weighted by molar-refractivity contribution is 5.97. The monoisotopic (exact) mass is 305 g/mol. The summed E-state index contributed by atoms with van der Waals surface area (Å²) in [7, 11) is 1.93. The summed E-state index contributed by atoms with van der Waals surface area (Å²) in [6.45, 7) is 1.54. The summed E-state index contributed by atoms with van der Waals surface area (Å²) in [6.07, 6.45) is 4.13. The number of aromatic nitrogens is 5. The van der Waals surface area contributed by atoms with Crippen LogP contribution in [0.5, 0.6) is 0 Å². The third-order valence-electron chi connectivity index (χ3n) is 4.09. The lowest BCUT2D eigenvalue weighted by Gasteiger charge is -2.02. The molecule has 0 unspecified atom stereocenters. The number of aryl methyl sites for hydroxylation is 1.